The summed E-state index contributed by atoms with van der Waals surface area (Å²) in [5, 5.41) is 9.29. The number of rotatable bonds is 8. The topological polar surface area (TPSA) is 191 Å². The number of nitrogens with zero attached hydrogens (tertiary/aromatic N) is 2. The van der Waals surface area contributed by atoms with Gasteiger partial charge in [-0.2, -0.15) is 0 Å². The number of fused-ring (bicyclic) bond motifs is 1. The first-order valence-corrected chi connectivity index (χ1v) is 13.0. The SMILES string of the molecule is NC(=O)c1cc[n+](CC2=C(C(=O)O)N3C(=O)[C@@H](NC(=O)[C@H](c4ccccc4)S(=O)(=O)[O-])[C@H]3SC2)cc1. The van der Waals surface area contributed by atoms with Gasteiger partial charge in [0.1, 0.15) is 27.2 Å². The fourth-order valence-electron chi connectivity index (χ4n) is 4.06. The van der Waals surface area contributed by atoms with Gasteiger partial charge >= 0.3 is 5.97 Å². The molecule has 4 N–H and O–H groups in total. The van der Waals surface area contributed by atoms with E-state index in [9.17, 15) is 37.3 Å². The maximum absolute atomic E-state index is 12.9. The molecule has 0 bridgehead atoms. The first kappa shape index (κ1) is 25.3. The van der Waals surface area contributed by atoms with Crippen molar-refractivity contribution in [3.8, 4) is 0 Å². The minimum absolute atomic E-state index is 0.0438. The summed E-state index contributed by atoms with van der Waals surface area (Å²) >= 11 is 1.19. The molecule has 0 radical (unpaired) electrons. The number of aromatic nitrogens is 1. The molecular formula is C22H20N4O8S2. The van der Waals surface area contributed by atoms with Crippen LogP contribution in [0.1, 0.15) is 21.2 Å². The van der Waals surface area contributed by atoms with Crippen LogP contribution in [0, 0.1) is 0 Å². The molecule has 3 heterocycles. The van der Waals surface area contributed by atoms with E-state index in [-0.39, 0.29) is 29.1 Å². The lowest BCUT2D eigenvalue weighted by atomic mass is 10.0. The number of primary amides is 1. The van der Waals surface area contributed by atoms with Crippen LogP contribution < -0.4 is 15.6 Å². The third-order valence-electron chi connectivity index (χ3n) is 5.73. The number of β-lactam (4-membered cyclic amide) rings is 1. The van der Waals surface area contributed by atoms with Gasteiger partial charge in [0.2, 0.25) is 11.8 Å². The lowest BCUT2D eigenvalue weighted by molar-refractivity contribution is -0.689. The molecule has 1 aromatic carbocycles. The van der Waals surface area contributed by atoms with Crippen molar-refractivity contribution >= 4 is 45.6 Å². The predicted molar refractivity (Wildman–Crippen MR) is 124 cm³/mol. The minimum Gasteiger partial charge on any atom is -0.747 e. The Bertz CT molecular complexity index is 1380. The van der Waals surface area contributed by atoms with E-state index < -0.39 is 50.5 Å². The Hall–Kier alpha value is -3.75. The Labute approximate surface area is 209 Å². The fourth-order valence-corrected chi connectivity index (χ4v) is 6.21. The maximum Gasteiger partial charge on any atom is 0.352 e. The third-order valence-corrected chi connectivity index (χ3v) is 8.13. The molecule has 14 heteroatoms. The van der Waals surface area contributed by atoms with Gasteiger partial charge in [0.05, 0.1) is 5.56 Å². The molecule has 4 rings (SSSR count). The first-order chi connectivity index (χ1) is 17.0. The molecule has 1 aromatic heterocycles. The van der Waals surface area contributed by atoms with Gasteiger partial charge in [-0.3, -0.25) is 19.3 Å². The molecule has 0 spiro atoms. The van der Waals surface area contributed by atoms with Crippen LogP contribution >= 0.6 is 11.8 Å². The molecule has 1 fully saturated rings. The van der Waals surface area contributed by atoms with Crippen LogP contribution in [0.3, 0.4) is 0 Å². The van der Waals surface area contributed by atoms with Crippen molar-refractivity contribution in [2.24, 2.45) is 5.73 Å². The highest BCUT2D eigenvalue weighted by atomic mass is 32.2. The van der Waals surface area contributed by atoms with E-state index in [1.54, 1.807) is 23.0 Å². The number of aliphatic carboxylic acids is 1. The molecule has 2 aromatic rings. The number of carboxylic acid groups (broad SMARTS) is 1. The van der Waals surface area contributed by atoms with E-state index >= 15 is 0 Å². The van der Waals surface area contributed by atoms with Gasteiger partial charge in [-0.25, -0.2) is 17.8 Å². The number of hydrogen-bond acceptors (Lipinski definition) is 8. The molecule has 188 valence electrons. The number of amides is 3. The molecule has 3 atom stereocenters. The standard InChI is InChI=1S/C22H20N4O8S2/c23-18(27)13-6-8-25(9-7-13)10-14-11-35-21-15(20(29)26(21)16(14)22(30)31)24-19(28)17(36(32,33)34)12-4-2-1-3-5-12/h1-9,15,17,21H,10-11H2,(H4-,23,24,27,28,30,31,32,33,34)/t15-,17+,21-/m1/s1. The fraction of sp³-hybridized carbons (Fsp3) is 0.227. The Morgan fingerprint density at radius 1 is 1.19 bits per heavy atom. The first-order valence-electron chi connectivity index (χ1n) is 10.5. The Morgan fingerprint density at radius 2 is 1.83 bits per heavy atom. The van der Waals surface area contributed by atoms with Gasteiger partial charge in [-0.05, 0) is 5.56 Å². The van der Waals surface area contributed by atoms with E-state index in [2.05, 4.69) is 5.32 Å². The number of benzene rings is 1. The number of carbonyl (C=O) groups excluding carboxylic acids is 3. The van der Waals surface area contributed by atoms with E-state index in [1.165, 1.54) is 48.2 Å². The van der Waals surface area contributed by atoms with Crippen molar-refractivity contribution in [2.75, 3.05) is 5.75 Å². The second-order valence-corrected chi connectivity index (χ2v) is 10.6. The number of carbonyl (C=O) groups is 4. The highest BCUT2D eigenvalue weighted by molar-refractivity contribution is 8.00. The number of pyridine rings is 1. The van der Waals surface area contributed by atoms with Crippen LogP contribution in [0.5, 0.6) is 0 Å². The summed E-state index contributed by atoms with van der Waals surface area (Å²) in [7, 11) is -5.10. The van der Waals surface area contributed by atoms with Gasteiger partial charge in [0.25, 0.3) is 5.91 Å². The van der Waals surface area contributed by atoms with Crippen molar-refractivity contribution in [2.45, 2.75) is 23.2 Å². The van der Waals surface area contributed by atoms with Crippen molar-refractivity contribution in [1.82, 2.24) is 10.2 Å². The summed E-state index contributed by atoms with van der Waals surface area (Å²) in [4.78, 5) is 50.0. The summed E-state index contributed by atoms with van der Waals surface area (Å²) in [6, 6.07) is 8.92. The number of nitrogens with one attached hydrogen (secondary N) is 1. The molecule has 0 unspecified atom stereocenters. The van der Waals surface area contributed by atoms with E-state index in [0.29, 0.717) is 5.57 Å². The largest absolute Gasteiger partial charge is 0.747 e. The molecule has 2 aliphatic rings. The molecule has 3 amide bonds. The molecular weight excluding hydrogens is 512 g/mol. The molecule has 2 aliphatic heterocycles. The zero-order valence-corrected chi connectivity index (χ0v) is 20.1. The van der Waals surface area contributed by atoms with E-state index in [0.717, 1.165) is 4.90 Å². The second kappa shape index (κ2) is 9.72. The highest BCUT2D eigenvalue weighted by Crippen LogP contribution is 2.40. The maximum atomic E-state index is 12.9. The summed E-state index contributed by atoms with van der Waals surface area (Å²) in [5.74, 6) is -3.64. The van der Waals surface area contributed by atoms with Crippen molar-refractivity contribution in [3.05, 3.63) is 77.3 Å². The number of nitrogens with two attached hydrogens (primary N) is 1. The van der Waals surface area contributed by atoms with Crippen molar-refractivity contribution in [3.63, 3.8) is 0 Å². The zero-order chi connectivity index (χ0) is 26.2. The average molecular weight is 533 g/mol. The van der Waals surface area contributed by atoms with Gasteiger partial charge in [0, 0.05) is 23.5 Å². The Kier molecular flexibility index (Phi) is 6.84. The highest BCUT2D eigenvalue weighted by Gasteiger charge is 2.55. The number of carboxylic acids is 1. The van der Waals surface area contributed by atoms with Crippen molar-refractivity contribution < 1.29 is 41.8 Å². The summed E-state index contributed by atoms with van der Waals surface area (Å²) in [6.45, 7) is 0.117. The van der Waals surface area contributed by atoms with E-state index in [4.69, 9.17) is 5.73 Å². The molecule has 0 saturated carbocycles. The average Bonchev–Trinajstić information content (AvgIpc) is 2.82. The number of thioether (sulfide) groups is 1. The normalized spacial score (nSPS) is 20.2. The number of hydrogen-bond donors (Lipinski definition) is 3. The van der Waals surface area contributed by atoms with Crippen LogP contribution in [-0.4, -0.2) is 63.8 Å². The summed E-state index contributed by atoms with van der Waals surface area (Å²) < 4.78 is 37.1. The summed E-state index contributed by atoms with van der Waals surface area (Å²) in [6.07, 6.45) is 3.11. The second-order valence-electron chi connectivity index (χ2n) is 8.06. The minimum atomic E-state index is -5.10. The molecule has 36 heavy (non-hydrogen) atoms. The Balaban J connectivity index is 1.54. The molecule has 12 nitrogen and oxygen atoms in total. The zero-order valence-electron chi connectivity index (χ0n) is 18.4. The molecule has 0 aliphatic carbocycles. The predicted octanol–water partition coefficient (Wildman–Crippen LogP) is -0.902. The van der Waals surface area contributed by atoms with Crippen LogP contribution in [0.2, 0.25) is 0 Å². The van der Waals surface area contributed by atoms with Crippen LogP contribution in [0.25, 0.3) is 0 Å². The van der Waals surface area contributed by atoms with Crippen LogP contribution in [0.4, 0.5) is 0 Å². The van der Waals surface area contributed by atoms with Gasteiger partial charge < -0.3 is 20.7 Å². The lowest BCUT2D eigenvalue weighted by Crippen LogP contribution is -2.71. The third kappa shape index (κ3) is 4.82. The van der Waals surface area contributed by atoms with Gasteiger partial charge in [0.15, 0.2) is 24.2 Å². The van der Waals surface area contributed by atoms with Crippen LogP contribution in [0.15, 0.2) is 66.1 Å². The molecule has 1 saturated heterocycles. The Morgan fingerprint density at radius 3 is 2.39 bits per heavy atom. The van der Waals surface area contributed by atoms with Gasteiger partial charge in [-0.15, -0.1) is 11.8 Å². The van der Waals surface area contributed by atoms with Crippen molar-refractivity contribution in [1.29, 1.82) is 0 Å². The monoisotopic (exact) mass is 532 g/mol. The van der Waals surface area contributed by atoms with E-state index in [1.807, 2.05) is 0 Å². The lowest BCUT2D eigenvalue weighted by Gasteiger charge is -2.49. The van der Waals surface area contributed by atoms with Gasteiger partial charge in [-0.1, -0.05) is 30.3 Å². The smallest absolute Gasteiger partial charge is 0.352 e. The van der Waals surface area contributed by atoms with Crippen LogP contribution in [-0.2, 0) is 31.0 Å². The summed E-state index contributed by atoms with van der Waals surface area (Å²) in [5.41, 5.74) is 5.64. The quantitative estimate of drug-likeness (QED) is 0.220.